The maximum Gasteiger partial charge on any atom is 0.0739 e. The Morgan fingerprint density at radius 2 is 2.18 bits per heavy atom. The topological polar surface area (TPSA) is 33.1 Å². The summed E-state index contributed by atoms with van der Waals surface area (Å²) in [4.78, 5) is 2.51. The predicted octanol–water partition coefficient (Wildman–Crippen LogP) is 1.77. The first-order valence-corrected chi connectivity index (χ1v) is 7.16. The lowest BCUT2D eigenvalue weighted by molar-refractivity contribution is 0.274. The zero-order valence-electron chi connectivity index (χ0n) is 10.7. The van der Waals surface area contributed by atoms with Crippen molar-refractivity contribution in [3.8, 4) is 0 Å². The molecule has 1 aliphatic rings. The quantitative estimate of drug-likeness (QED) is 0.924. The molecule has 5 heteroatoms. The van der Waals surface area contributed by atoms with Gasteiger partial charge in [-0.15, -0.1) is 0 Å². The Morgan fingerprint density at radius 3 is 2.94 bits per heavy atom. The van der Waals surface area contributed by atoms with Gasteiger partial charge in [-0.05, 0) is 49.3 Å². The molecule has 1 aliphatic heterocycles. The number of nitrogens with one attached hydrogen (secondary N) is 1. The largest absolute Gasteiger partial charge is 0.315 e. The van der Waals surface area contributed by atoms with Gasteiger partial charge in [0.05, 0.1) is 15.9 Å². The lowest BCUT2D eigenvalue weighted by atomic mass is 10.3. The van der Waals surface area contributed by atoms with Crippen molar-refractivity contribution < 1.29 is 0 Å². The van der Waals surface area contributed by atoms with Gasteiger partial charge < -0.3 is 5.32 Å². The third-order valence-corrected chi connectivity index (χ3v) is 4.29. The van der Waals surface area contributed by atoms with E-state index in [-0.39, 0.29) is 0 Å². The highest BCUT2D eigenvalue weighted by atomic mass is 79.9. The summed E-state index contributed by atoms with van der Waals surface area (Å²) in [5.74, 6) is 0. The molecule has 0 unspecified atom stereocenters. The smallest absolute Gasteiger partial charge is 0.0739 e. The Morgan fingerprint density at radius 1 is 1.35 bits per heavy atom. The minimum Gasteiger partial charge on any atom is -0.315 e. The van der Waals surface area contributed by atoms with Crippen LogP contribution in [0.25, 0.3) is 0 Å². The average molecular weight is 301 g/mol. The summed E-state index contributed by atoms with van der Waals surface area (Å²) in [6.07, 6.45) is 1.23. The molecular formula is C12H21BrN4. The molecule has 1 fully saturated rings. The molecule has 1 aromatic heterocycles. The van der Waals surface area contributed by atoms with Crippen LogP contribution in [0.15, 0.2) is 4.47 Å². The number of hydrogen-bond donors (Lipinski definition) is 1. The maximum absolute atomic E-state index is 4.55. The molecule has 2 heterocycles. The van der Waals surface area contributed by atoms with E-state index in [1.54, 1.807) is 0 Å². The van der Waals surface area contributed by atoms with E-state index >= 15 is 0 Å². The molecule has 1 N–H and O–H groups in total. The molecule has 0 aromatic carbocycles. The van der Waals surface area contributed by atoms with Gasteiger partial charge >= 0.3 is 0 Å². The van der Waals surface area contributed by atoms with Crippen molar-refractivity contribution >= 4 is 15.9 Å². The lowest BCUT2D eigenvalue weighted by Gasteiger charge is -2.20. The van der Waals surface area contributed by atoms with Crippen molar-refractivity contribution in [3.63, 3.8) is 0 Å². The Kier molecular flexibility index (Phi) is 4.59. The number of hydrogen-bond acceptors (Lipinski definition) is 3. The third kappa shape index (κ3) is 3.09. The van der Waals surface area contributed by atoms with Crippen LogP contribution in [0.3, 0.4) is 0 Å². The Hall–Kier alpha value is -0.390. The minimum atomic E-state index is 0.938. The summed E-state index contributed by atoms with van der Waals surface area (Å²) in [5.41, 5.74) is 2.40. The van der Waals surface area contributed by atoms with Gasteiger partial charge in [-0.3, -0.25) is 9.58 Å². The fourth-order valence-corrected chi connectivity index (χ4v) is 2.70. The standard InChI is InChI=1S/C12H21BrN4/c1-3-17-11(12(13)10(2)15-17)9-16-7-4-5-14-6-8-16/h14H,3-9H2,1-2H3. The van der Waals surface area contributed by atoms with E-state index in [1.165, 1.54) is 23.1 Å². The number of aryl methyl sites for hydroxylation is 2. The fourth-order valence-electron chi connectivity index (χ4n) is 2.29. The van der Waals surface area contributed by atoms with Crippen molar-refractivity contribution in [1.82, 2.24) is 20.0 Å². The van der Waals surface area contributed by atoms with Crippen LogP contribution in [0.5, 0.6) is 0 Å². The van der Waals surface area contributed by atoms with E-state index in [9.17, 15) is 0 Å². The molecule has 96 valence electrons. The molecule has 17 heavy (non-hydrogen) atoms. The van der Waals surface area contributed by atoms with Gasteiger partial charge in [-0.2, -0.15) is 5.10 Å². The fraction of sp³-hybridized carbons (Fsp3) is 0.750. The van der Waals surface area contributed by atoms with Crippen molar-refractivity contribution in [3.05, 3.63) is 15.9 Å². The molecule has 1 saturated heterocycles. The van der Waals surface area contributed by atoms with Crippen molar-refractivity contribution in [2.24, 2.45) is 0 Å². The van der Waals surface area contributed by atoms with Crippen LogP contribution in [-0.2, 0) is 13.1 Å². The lowest BCUT2D eigenvalue weighted by Crippen LogP contribution is -2.28. The second-order valence-corrected chi connectivity index (χ2v) is 5.33. The number of halogens is 1. The molecular weight excluding hydrogens is 280 g/mol. The minimum absolute atomic E-state index is 0.938. The van der Waals surface area contributed by atoms with Gasteiger partial charge in [0.25, 0.3) is 0 Å². The van der Waals surface area contributed by atoms with Gasteiger partial charge in [0.15, 0.2) is 0 Å². The molecule has 0 amide bonds. The molecule has 2 rings (SSSR count). The zero-order valence-corrected chi connectivity index (χ0v) is 12.3. The van der Waals surface area contributed by atoms with Crippen molar-refractivity contribution in [2.75, 3.05) is 26.2 Å². The summed E-state index contributed by atoms with van der Waals surface area (Å²) in [6.45, 7) is 10.7. The van der Waals surface area contributed by atoms with E-state index in [0.29, 0.717) is 0 Å². The van der Waals surface area contributed by atoms with Crippen LogP contribution >= 0.6 is 15.9 Å². The molecule has 0 radical (unpaired) electrons. The van der Waals surface area contributed by atoms with Gasteiger partial charge in [-0.25, -0.2) is 0 Å². The number of aromatic nitrogens is 2. The highest BCUT2D eigenvalue weighted by molar-refractivity contribution is 9.10. The molecule has 0 aliphatic carbocycles. The summed E-state index contributed by atoms with van der Waals surface area (Å²) in [6, 6.07) is 0. The Balaban J connectivity index is 2.11. The van der Waals surface area contributed by atoms with Crippen LogP contribution in [0.2, 0.25) is 0 Å². The molecule has 0 bridgehead atoms. The highest BCUT2D eigenvalue weighted by Crippen LogP contribution is 2.22. The van der Waals surface area contributed by atoms with E-state index in [1.807, 2.05) is 0 Å². The van der Waals surface area contributed by atoms with Crippen molar-refractivity contribution in [2.45, 2.75) is 33.4 Å². The van der Waals surface area contributed by atoms with Gasteiger partial charge in [0.1, 0.15) is 0 Å². The van der Waals surface area contributed by atoms with Gasteiger partial charge in [0, 0.05) is 26.2 Å². The van der Waals surface area contributed by atoms with Crippen LogP contribution in [-0.4, -0.2) is 40.9 Å². The second-order valence-electron chi connectivity index (χ2n) is 4.54. The average Bonchev–Trinajstić information content (AvgIpc) is 2.54. The zero-order chi connectivity index (χ0) is 12.3. The molecule has 4 nitrogen and oxygen atoms in total. The van der Waals surface area contributed by atoms with E-state index < -0.39 is 0 Å². The highest BCUT2D eigenvalue weighted by Gasteiger charge is 2.16. The maximum atomic E-state index is 4.55. The molecule has 0 spiro atoms. The predicted molar refractivity (Wildman–Crippen MR) is 73.1 cm³/mol. The first kappa shape index (κ1) is 13.1. The van der Waals surface area contributed by atoms with Gasteiger partial charge in [0.2, 0.25) is 0 Å². The monoisotopic (exact) mass is 300 g/mol. The van der Waals surface area contributed by atoms with Crippen molar-refractivity contribution in [1.29, 1.82) is 0 Å². The second kappa shape index (κ2) is 5.98. The number of nitrogens with zero attached hydrogens (tertiary/aromatic N) is 3. The SMILES string of the molecule is CCn1nc(C)c(Br)c1CN1CCCNCC1. The van der Waals surface area contributed by atoms with E-state index in [2.05, 4.69) is 49.8 Å². The normalized spacial score (nSPS) is 18.3. The van der Waals surface area contributed by atoms with E-state index in [4.69, 9.17) is 0 Å². The molecule has 0 saturated carbocycles. The number of rotatable bonds is 3. The Bertz CT molecular complexity index is 367. The third-order valence-electron chi connectivity index (χ3n) is 3.26. The summed E-state index contributed by atoms with van der Waals surface area (Å²) in [7, 11) is 0. The molecule has 0 atom stereocenters. The van der Waals surface area contributed by atoms with Crippen LogP contribution < -0.4 is 5.32 Å². The first-order valence-electron chi connectivity index (χ1n) is 6.37. The van der Waals surface area contributed by atoms with Gasteiger partial charge in [-0.1, -0.05) is 0 Å². The van der Waals surface area contributed by atoms with Crippen LogP contribution in [0.4, 0.5) is 0 Å². The summed E-state index contributed by atoms with van der Waals surface area (Å²) < 4.78 is 3.29. The Labute approximate surface area is 111 Å². The first-order chi connectivity index (χ1) is 8.22. The summed E-state index contributed by atoms with van der Waals surface area (Å²) >= 11 is 3.66. The summed E-state index contributed by atoms with van der Waals surface area (Å²) in [5, 5.41) is 7.98. The van der Waals surface area contributed by atoms with Crippen LogP contribution in [0, 0.1) is 6.92 Å². The van der Waals surface area contributed by atoms with E-state index in [0.717, 1.165) is 38.4 Å². The van der Waals surface area contributed by atoms with Crippen LogP contribution in [0.1, 0.15) is 24.7 Å². The molecule has 1 aromatic rings.